The summed E-state index contributed by atoms with van der Waals surface area (Å²) in [5.74, 6) is 0. The lowest BCUT2D eigenvalue weighted by molar-refractivity contribution is -0.142. The topological polar surface area (TPSA) is 41.9 Å². The van der Waals surface area contributed by atoms with E-state index in [1.165, 1.54) is 6.42 Å². The minimum Gasteiger partial charge on any atom is -0.395 e. The first-order valence-electron chi connectivity index (χ1n) is 6.39. The maximum atomic E-state index is 9.20. The Morgan fingerprint density at radius 1 is 1.31 bits per heavy atom. The molecule has 16 heavy (non-hydrogen) atoms. The quantitative estimate of drug-likeness (QED) is 0.638. The standard InChI is InChI=1S/C12H25NO3/c1-3-15-12(16-4-2)7-9-13-8-5-6-11(13)10-14/h11-12,14H,3-10H2,1-2H3/t11-/m0/s1. The number of aliphatic hydroxyl groups excluding tert-OH is 1. The molecule has 1 saturated heterocycles. The Bertz CT molecular complexity index is 172. The van der Waals surface area contributed by atoms with E-state index < -0.39 is 0 Å². The number of ether oxygens (including phenoxy) is 2. The van der Waals surface area contributed by atoms with Gasteiger partial charge < -0.3 is 14.6 Å². The van der Waals surface area contributed by atoms with Gasteiger partial charge >= 0.3 is 0 Å². The second-order valence-electron chi connectivity index (χ2n) is 4.14. The minimum absolute atomic E-state index is 0.0880. The molecule has 1 fully saturated rings. The Morgan fingerprint density at radius 3 is 2.56 bits per heavy atom. The number of rotatable bonds is 8. The summed E-state index contributed by atoms with van der Waals surface area (Å²) >= 11 is 0. The van der Waals surface area contributed by atoms with Crippen molar-refractivity contribution in [3.05, 3.63) is 0 Å². The van der Waals surface area contributed by atoms with Crippen LogP contribution in [0, 0.1) is 0 Å². The molecule has 4 nitrogen and oxygen atoms in total. The fourth-order valence-corrected chi connectivity index (χ4v) is 2.25. The summed E-state index contributed by atoms with van der Waals surface area (Å²) in [5, 5.41) is 9.20. The van der Waals surface area contributed by atoms with Crippen molar-refractivity contribution in [1.29, 1.82) is 0 Å². The zero-order valence-electron chi connectivity index (χ0n) is 10.5. The molecule has 0 aromatic carbocycles. The highest BCUT2D eigenvalue weighted by atomic mass is 16.7. The molecule has 0 aromatic rings. The second kappa shape index (κ2) is 8.01. The largest absolute Gasteiger partial charge is 0.395 e. The van der Waals surface area contributed by atoms with Gasteiger partial charge in [-0.2, -0.15) is 0 Å². The third-order valence-corrected chi connectivity index (χ3v) is 3.07. The second-order valence-corrected chi connectivity index (χ2v) is 4.14. The molecule has 1 heterocycles. The Morgan fingerprint density at radius 2 is 2.00 bits per heavy atom. The Labute approximate surface area is 98.5 Å². The average molecular weight is 231 g/mol. The predicted octanol–water partition coefficient (Wildman–Crippen LogP) is 1.23. The molecule has 4 heteroatoms. The van der Waals surface area contributed by atoms with Crippen molar-refractivity contribution in [2.45, 2.75) is 45.4 Å². The molecule has 0 bridgehead atoms. The summed E-state index contributed by atoms with van der Waals surface area (Å²) in [5.41, 5.74) is 0. The molecule has 96 valence electrons. The van der Waals surface area contributed by atoms with Gasteiger partial charge in [-0.15, -0.1) is 0 Å². The van der Waals surface area contributed by atoms with E-state index in [4.69, 9.17) is 9.47 Å². The first-order chi connectivity index (χ1) is 7.81. The van der Waals surface area contributed by atoms with Crippen molar-refractivity contribution in [1.82, 2.24) is 4.90 Å². The lowest BCUT2D eigenvalue weighted by atomic mass is 10.2. The Hall–Kier alpha value is -0.160. The van der Waals surface area contributed by atoms with E-state index in [1.54, 1.807) is 0 Å². The van der Waals surface area contributed by atoms with E-state index in [-0.39, 0.29) is 12.9 Å². The van der Waals surface area contributed by atoms with Gasteiger partial charge in [-0.25, -0.2) is 0 Å². The van der Waals surface area contributed by atoms with Crippen LogP contribution in [0.15, 0.2) is 0 Å². The molecular formula is C12H25NO3. The van der Waals surface area contributed by atoms with Crippen LogP contribution in [0.25, 0.3) is 0 Å². The van der Waals surface area contributed by atoms with Crippen LogP contribution in [0.3, 0.4) is 0 Å². The smallest absolute Gasteiger partial charge is 0.158 e. The van der Waals surface area contributed by atoms with E-state index in [2.05, 4.69) is 4.90 Å². The summed E-state index contributed by atoms with van der Waals surface area (Å²) < 4.78 is 11.0. The van der Waals surface area contributed by atoms with Gasteiger partial charge in [-0.1, -0.05) is 0 Å². The van der Waals surface area contributed by atoms with Gasteiger partial charge in [0.2, 0.25) is 0 Å². The molecule has 1 atom stereocenters. The van der Waals surface area contributed by atoms with Gasteiger partial charge in [-0.05, 0) is 33.2 Å². The first kappa shape index (κ1) is 13.9. The highest BCUT2D eigenvalue weighted by molar-refractivity contribution is 4.78. The normalized spacial score (nSPS) is 22.1. The third kappa shape index (κ3) is 4.37. The van der Waals surface area contributed by atoms with Crippen LogP contribution in [-0.4, -0.2) is 55.2 Å². The van der Waals surface area contributed by atoms with Crippen LogP contribution in [0.2, 0.25) is 0 Å². The Balaban J connectivity index is 2.24. The maximum absolute atomic E-state index is 9.20. The molecule has 0 unspecified atom stereocenters. The monoisotopic (exact) mass is 231 g/mol. The van der Waals surface area contributed by atoms with E-state index in [9.17, 15) is 5.11 Å². The molecule has 1 N–H and O–H groups in total. The van der Waals surface area contributed by atoms with Crippen LogP contribution in [0.5, 0.6) is 0 Å². The minimum atomic E-state index is -0.0880. The molecule has 1 rings (SSSR count). The van der Waals surface area contributed by atoms with Gasteiger partial charge in [0.1, 0.15) is 0 Å². The predicted molar refractivity (Wildman–Crippen MR) is 63.3 cm³/mol. The van der Waals surface area contributed by atoms with Crippen molar-refractivity contribution < 1.29 is 14.6 Å². The molecule has 0 radical (unpaired) electrons. The summed E-state index contributed by atoms with van der Waals surface area (Å²) in [6.45, 7) is 7.67. The van der Waals surface area contributed by atoms with E-state index >= 15 is 0 Å². The van der Waals surface area contributed by atoms with Gasteiger partial charge in [-0.3, -0.25) is 4.90 Å². The number of hydrogen-bond acceptors (Lipinski definition) is 4. The third-order valence-electron chi connectivity index (χ3n) is 3.07. The maximum Gasteiger partial charge on any atom is 0.158 e. The average Bonchev–Trinajstić information content (AvgIpc) is 2.74. The SMILES string of the molecule is CCOC(CCN1CCC[C@H]1CO)OCC. The molecular weight excluding hydrogens is 206 g/mol. The van der Waals surface area contributed by atoms with E-state index in [0.717, 1.165) is 25.9 Å². The molecule has 1 aliphatic rings. The molecule has 0 aromatic heterocycles. The summed E-state index contributed by atoms with van der Waals surface area (Å²) in [7, 11) is 0. The zero-order valence-corrected chi connectivity index (χ0v) is 10.5. The number of nitrogens with zero attached hydrogens (tertiary/aromatic N) is 1. The summed E-state index contributed by atoms with van der Waals surface area (Å²) in [6, 6.07) is 0.351. The zero-order chi connectivity index (χ0) is 11.8. The lowest BCUT2D eigenvalue weighted by Crippen LogP contribution is -2.35. The van der Waals surface area contributed by atoms with E-state index in [1.807, 2.05) is 13.8 Å². The fraction of sp³-hybridized carbons (Fsp3) is 1.00. The van der Waals surface area contributed by atoms with Gasteiger partial charge in [0.05, 0.1) is 6.61 Å². The Kier molecular flexibility index (Phi) is 6.96. The molecule has 0 aliphatic carbocycles. The van der Waals surface area contributed by atoms with Gasteiger partial charge in [0.25, 0.3) is 0 Å². The van der Waals surface area contributed by atoms with Crippen LogP contribution in [-0.2, 0) is 9.47 Å². The number of aliphatic hydroxyl groups is 1. The van der Waals surface area contributed by atoms with Crippen LogP contribution in [0.1, 0.15) is 33.1 Å². The molecule has 0 saturated carbocycles. The van der Waals surface area contributed by atoms with Crippen molar-refractivity contribution in [2.24, 2.45) is 0 Å². The molecule has 0 spiro atoms. The highest BCUT2D eigenvalue weighted by Gasteiger charge is 2.24. The van der Waals surface area contributed by atoms with E-state index in [0.29, 0.717) is 19.3 Å². The lowest BCUT2D eigenvalue weighted by Gasteiger charge is -2.25. The first-order valence-corrected chi connectivity index (χ1v) is 6.39. The number of likely N-dealkylation sites (tertiary alicyclic amines) is 1. The van der Waals surface area contributed by atoms with Crippen molar-refractivity contribution >= 4 is 0 Å². The van der Waals surface area contributed by atoms with Crippen LogP contribution in [0.4, 0.5) is 0 Å². The van der Waals surface area contributed by atoms with Crippen LogP contribution >= 0.6 is 0 Å². The van der Waals surface area contributed by atoms with Crippen LogP contribution < -0.4 is 0 Å². The van der Waals surface area contributed by atoms with Gasteiger partial charge in [0.15, 0.2) is 6.29 Å². The van der Waals surface area contributed by atoms with Crippen molar-refractivity contribution in [3.63, 3.8) is 0 Å². The summed E-state index contributed by atoms with van der Waals surface area (Å²) in [6.07, 6.45) is 3.11. The van der Waals surface area contributed by atoms with Crippen molar-refractivity contribution in [2.75, 3.05) is 32.9 Å². The van der Waals surface area contributed by atoms with Crippen molar-refractivity contribution in [3.8, 4) is 0 Å². The van der Waals surface area contributed by atoms with Gasteiger partial charge in [0, 0.05) is 32.2 Å². The molecule has 1 aliphatic heterocycles. The number of hydrogen-bond donors (Lipinski definition) is 1. The summed E-state index contributed by atoms with van der Waals surface area (Å²) in [4.78, 5) is 2.34. The highest BCUT2D eigenvalue weighted by Crippen LogP contribution is 2.17. The molecule has 0 amide bonds. The fourth-order valence-electron chi connectivity index (χ4n) is 2.25.